The molecule has 0 aliphatic heterocycles. The summed E-state index contributed by atoms with van der Waals surface area (Å²) in [5.74, 6) is -1.51. The van der Waals surface area contributed by atoms with Gasteiger partial charge in [0.05, 0.1) is 5.69 Å². The van der Waals surface area contributed by atoms with Crippen LogP contribution in [0.15, 0.2) is 36.4 Å². The molecule has 0 spiro atoms. The Morgan fingerprint density at radius 1 is 1.00 bits per heavy atom. The number of halogens is 2. The van der Waals surface area contributed by atoms with Crippen LogP contribution in [0, 0.1) is 18.6 Å². The number of rotatable bonds is 5. The second kappa shape index (κ2) is 7.77. The van der Waals surface area contributed by atoms with Crippen molar-refractivity contribution in [3.63, 3.8) is 0 Å². The Bertz CT molecular complexity index is 730. The van der Waals surface area contributed by atoms with E-state index in [1.165, 1.54) is 6.07 Å². The standard InChI is InChI=1S/C18H21F2N3O/c1-4-23(5-2)14-7-9-16(12(3)10-14)21-18(24)22-17-8-6-13(19)11-15(17)20/h6-11H,4-5H2,1-3H3,(H2,21,22,24). The van der Waals surface area contributed by atoms with Crippen molar-refractivity contribution in [1.29, 1.82) is 0 Å². The Kier molecular flexibility index (Phi) is 5.73. The molecule has 2 aromatic carbocycles. The highest BCUT2D eigenvalue weighted by molar-refractivity contribution is 6.00. The number of nitrogens with zero attached hydrogens (tertiary/aromatic N) is 1. The SMILES string of the molecule is CCN(CC)c1ccc(NC(=O)Nc2ccc(F)cc2F)c(C)c1. The number of aryl methyl sites for hydroxylation is 1. The highest BCUT2D eigenvalue weighted by Crippen LogP contribution is 2.23. The summed E-state index contributed by atoms with van der Waals surface area (Å²) in [7, 11) is 0. The Balaban J connectivity index is 2.08. The second-order valence-corrected chi connectivity index (χ2v) is 5.37. The fraction of sp³-hybridized carbons (Fsp3) is 0.278. The molecule has 0 unspecified atom stereocenters. The van der Waals surface area contributed by atoms with Gasteiger partial charge in [-0.25, -0.2) is 13.6 Å². The summed E-state index contributed by atoms with van der Waals surface area (Å²) in [6.45, 7) is 7.84. The third-order valence-electron chi connectivity index (χ3n) is 3.77. The van der Waals surface area contributed by atoms with E-state index in [9.17, 15) is 13.6 Å². The average Bonchev–Trinajstić information content (AvgIpc) is 2.54. The van der Waals surface area contributed by atoms with E-state index in [0.29, 0.717) is 5.69 Å². The molecular weight excluding hydrogens is 312 g/mol. The fourth-order valence-corrected chi connectivity index (χ4v) is 2.44. The lowest BCUT2D eigenvalue weighted by Gasteiger charge is -2.22. The summed E-state index contributed by atoms with van der Waals surface area (Å²) in [6.07, 6.45) is 0. The Morgan fingerprint density at radius 2 is 1.62 bits per heavy atom. The van der Waals surface area contributed by atoms with E-state index in [1.807, 2.05) is 25.1 Å². The molecule has 2 rings (SSSR count). The molecule has 0 bridgehead atoms. The highest BCUT2D eigenvalue weighted by Gasteiger charge is 2.10. The first kappa shape index (κ1) is 17.7. The summed E-state index contributed by atoms with van der Waals surface area (Å²) < 4.78 is 26.4. The number of hydrogen-bond donors (Lipinski definition) is 2. The third-order valence-corrected chi connectivity index (χ3v) is 3.77. The van der Waals surface area contributed by atoms with Gasteiger partial charge in [-0.05, 0) is 56.7 Å². The van der Waals surface area contributed by atoms with Crippen molar-refractivity contribution in [1.82, 2.24) is 0 Å². The minimum atomic E-state index is -0.821. The van der Waals surface area contributed by atoms with Gasteiger partial charge >= 0.3 is 6.03 Å². The fourth-order valence-electron chi connectivity index (χ4n) is 2.44. The van der Waals surface area contributed by atoms with Gasteiger partial charge in [-0.2, -0.15) is 0 Å². The van der Waals surface area contributed by atoms with E-state index in [1.54, 1.807) is 0 Å². The largest absolute Gasteiger partial charge is 0.372 e. The van der Waals surface area contributed by atoms with Crippen molar-refractivity contribution in [3.8, 4) is 0 Å². The van der Waals surface area contributed by atoms with Crippen molar-refractivity contribution in [2.24, 2.45) is 0 Å². The van der Waals surface area contributed by atoms with Gasteiger partial charge in [-0.15, -0.1) is 0 Å². The molecule has 6 heteroatoms. The monoisotopic (exact) mass is 333 g/mol. The van der Waals surface area contributed by atoms with Crippen LogP contribution in [0.2, 0.25) is 0 Å². The van der Waals surface area contributed by atoms with E-state index in [2.05, 4.69) is 29.4 Å². The minimum Gasteiger partial charge on any atom is -0.372 e. The van der Waals surface area contributed by atoms with Gasteiger partial charge in [0.2, 0.25) is 0 Å². The Hall–Kier alpha value is -2.63. The lowest BCUT2D eigenvalue weighted by molar-refractivity contribution is 0.262. The molecule has 0 heterocycles. The van der Waals surface area contributed by atoms with Crippen LogP contribution < -0.4 is 15.5 Å². The number of benzene rings is 2. The zero-order chi connectivity index (χ0) is 17.7. The van der Waals surface area contributed by atoms with Gasteiger partial charge in [0, 0.05) is 30.5 Å². The van der Waals surface area contributed by atoms with E-state index in [-0.39, 0.29) is 5.69 Å². The number of hydrogen-bond acceptors (Lipinski definition) is 2. The van der Waals surface area contributed by atoms with Crippen LogP contribution in [0.1, 0.15) is 19.4 Å². The molecule has 0 saturated heterocycles. The van der Waals surface area contributed by atoms with Crippen LogP contribution >= 0.6 is 0 Å². The average molecular weight is 333 g/mol. The van der Waals surface area contributed by atoms with Crippen molar-refractivity contribution in [2.75, 3.05) is 28.6 Å². The van der Waals surface area contributed by atoms with E-state index >= 15 is 0 Å². The maximum absolute atomic E-state index is 13.6. The van der Waals surface area contributed by atoms with Crippen molar-refractivity contribution in [2.45, 2.75) is 20.8 Å². The van der Waals surface area contributed by atoms with Gasteiger partial charge in [0.1, 0.15) is 11.6 Å². The Labute approximate surface area is 140 Å². The lowest BCUT2D eigenvalue weighted by Crippen LogP contribution is -2.23. The zero-order valence-corrected chi connectivity index (χ0v) is 14.0. The van der Waals surface area contributed by atoms with Crippen LogP contribution in [0.3, 0.4) is 0 Å². The minimum absolute atomic E-state index is 0.0775. The quantitative estimate of drug-likeness (QED) is 0.828. The first-order valence-electron chi connectivity index (χ1n) is 7.83. The van der Waals surface area contributed by atoms with Crippen LogP contribution in [0.5, 0.6) is 0 Å². The van der Waals surface area contributed by atoms with Crippen molar-refractivity contribution in [3.05, 3.63) is 53.6 Å². The molecule has 2 amide bonds. The number of carbonyl (C=O) groups is 1. The second-order valence-electron chi connectivity index (χ2n) is 5.37. The van der Waals surface area contributed by atoms with Crippen LogP contribution in [-0.2, 0) is 0 Å². The van der Waals surface area contributed by atoms with Gasteiger partial charge in [-0.1, -0.05) is 0 Å². The summed E-state index contributed by atoms with van der Waals surface area (Å²) in [6, 6.07) is 8.13. The lowest BCUT2D eigenvalue weighted by atomic mass is 10.1. The van der Waals surface area contributed by atoms with Crippen LogP contribution in [0.25, 0.3) is 0 Å². The summed E-state index contributed by atoms with van der Waals surface area (Å²) in [4.78, 5) is 14.2. The molecule has 0 saturated carbocycles. The topological polar surface area (TPSA) is 44.4 Å². The van der Waals surface area contributed by atoms with E-state index in [0.717, 1.165) is 36.5 Å². The van der Waals surface area contributed by atoms with Crippen molar-refractivity contribution < 1.29 is 13.6 Å². The van der Waals surface area contributed by atoms with E-state index < -0.39 is 17.7 Å². The van der Waals surface area contributed by atoms with Gasteiger partial charge in [-0.3, -0.25) is 0 Å². The maximum atomic E-state index is 13.6. The van der Waals surface area contributed by atoms with Crippen molar-refractivity contribution >= 4 is 23.1 Å². The van der Waals surface area contributed by atoms with E-state index in [4.69, 9.17) is 0 Å². The molecule has 2 aromatic rings. The molecule has 0 atom stereocenters. The smallest absolute Gasteiger partial charge is 0.323 e. The number of anilines is 3. The van der Waals surface area contributed by atoms with Crippen LogP contribution in [0.4, 0.5) is 30.6 Å². The summed E-state index contributed by atoms with van der Waals surface area (Å²) in [5, 5.41) is 5.04. The molecule has 128 valence electrons. The first-order valence-corrected chi connectivity index (χ1v) is 7.83. The number of urea groups is 1. The molecule has 2 N–H and O–H groups in total. The predicted molar refractivity (Wildman–Crippen MR) is 93.7 cm³/mol. The molecule has 0 fully saturated rings. The summed E-state index contributed by atoms with van der Waals surface area (Å²) >= 11 is 0. The zero-order valence-electron chi connectivity index (χ0n) is 14.0. The molecule has 0 aromatic heterocycles. The van der Waals surface area contributed by atoms with Gasteiger partial charge in [0.15, 0.2) is 0 Å². The number of carbonyl (C=O) groups excluding carboxylic acids is 1. The van der Waals surface area contributed by atoms with Gasteiger partial charge < -0.3 is 15.5 Å². The molecule has 0 radical (unpaired) electrons. The number of amides is 2. The van der Waals surface area contributed by atoms with Gasteiger partial charge in [0.25, 0.3) is 0 Å². The van der Waals surface area contributed by atoms with Crippen LogP contribution in [-0.4, -0.2) is 19.1 Å². The predicted octanol–water partition coefficient (Wildman–Crippen LogP) is 4.76. The first-order chi connectivity index (χ1) is 11.4. The third kappa shape index (κ3) is 4.22. The maximum Gasteiger partial charge on any atom is 0.323 e. The molecule has 4 nitrogen and oxygen atoms in total. The molecular formula is C18H21F2N3O. The highest BCUT2D eigenvalue weighted by atomic mass is 19.1. The molecule has 0 aliphatic rings. The molecule has 24 heavy (non-hydrogen) atoms. The normalized spacial score (nSPS) is 10.4. The summed E-state index contributed by atoms with van der Waals surface area (Å²) in [5.41, 5.74) is 2.53. The Morgan fingerprint density at radius 3 is 2.21 bits per heavy atom. The number of nitrogens with one attached hydrogen (secondary N) is 2. The molecule has 0 aliphatic carbocycles.